The van der Waals surface area contributed by atoms with Crippen LogP contribution >= 0.6 is 11.8 Å². The van der Waals surface area contributed by atoms with Crippen molar-refractivity contribution in [2.75, 3.05) is 52.3 Å². The number of nitrogens with zero attached hydrogens (tertiary/aromatic N) is 3. The summed E-state index contributed by atoms with van der Waals surface area (Å²) in [6.07, 6.45) is 1.80. The molecule has 9 heteroatoms. The molecule has 0 radical (unpaired) electrons. The lowest BCUT2D eigenvalue weighted by molar-refractivity contribution is -0.122. The number of carbonyl (C=O) groups is 2. The van der Waals surface area contributed by atoms with Crippen molar-refractivity contribution in [3.63, 3.8) is 0 Å². The van der Waals surface area contributed by atoms with E-state index >= 15 is 0 Å². The average Bonchev–Trinajstić information content (AvgIpc) is 3.07. The molecule has 0 atom stereocenters. The van der Waals surface area contributed by atoms with E-state index in [4.69, 9.17) is 9.47 Å². The van der Waals surface area contributed by atoms with Gasteiger partial charge in [-0.15, -0.1) is 0 Å². The number of amidine groups is 1. The molecular weight excluding hydrogens is 416 g/mol. The molecule has 1 aromatic carbocycles. The lowest BCUT2D eigenvalue weighted by Crippen LogP contribution is -2.35. The van der Waals surface area contributed by atoms with Gasteiger partial charge in [0.05, 0.1) is 26.1 Å². The van der Waals surface area contributed by atoms with Crippen molar-refractivity contribution in [1.82, 2.24) is 15.1 Å². The van der Waals surface area contributed by atoms with E-state index in [2.05, 4.69) is 15.2 Å². The molecule has 1 aromatic rings. The monoisotopic (exact) mass is 446 g/mol. The van der Waals surface area contributed by atoms with Gasteiger partial charge >= 0.3 is 0 Å². The number of nitrogens with one attached hydrogen (secondary N) is 1. The summed E-state index contributed by atoms with van der Waals surface area (Å²) in [7, 11) is 1.67. The van der Waals surface area contributed by atoms with Crippen molar-refractivity contribution >= 4 is 34.8 Å². The Balaban J connectivity index is 1.79. The molecule has 168 valence electrons. The molecule has 2 aliphatic heterocycles. The Morgan fingerprint density at radius 2 is 2.10 bits per heavy atom. The number of hydrogen-bond acceptors (Lipinski definition) is 7. The highest BCUT2D eigenvalue weighted by Gasteiger charge is 2.29. The normalized spacial score (nSPS) is 18.4. The van der Waals surface area contributed by atoms with Gasteiger partial charge < -0.3 is 14.8 Å². The fraction of sp³-hybridized carbons (Fsp3) is 0.500. The van der Waals surface area contributed by atoms with E-state index < -0.39 is 0 Å². The first-order chi connectivity index (χ1) is 15.0. The molecule has 2 amide bonds. The van der Waals surface area contributed by atoms with Crippen molar-refractivity contribution in [3.05, 3.63) is 35.0 Å². The molecule has 3 rings (SSSR count). The van der Waals surface area contributed by atoms with Crippen molar-refractivity contribution in [1.29, 1.82) is 0 Å². The van der Waals surface area contributed by atoms with Gasteiger partial charge in [0.2, 0.25) is 5.91 Å². The predicted octanol–water partition coefficient (Wildman–Crippen LogP) is 1.96. The maximum Gasteiger partial charge on any atom is 0.278 e. The van der Waals surface area contributed by atoms with Crippen molar-refractivity contribution < 1.29 is 19.1 Å². The highest BCUT2D eigenvalue weighted by Crippen LogP contribution is 2.27. The summed E-state index contributed by atoms with van der Waals surface area (Å²) in [4.78, 5) is 33.1. The van der Waals surface area contributed by atoms with Crippen LogP contribution in [-0.2, 0) is 20.9 Å². The summed E-state index contributed by atoms with van der Waals surface area (Å²) in [5, 5.41) is 3.32. The Hall–Kier alpha value is -2.36. The molecular formula is C22H30N4O4S. The van der Waals surface area contributed by atoms with Gasteiger partial charge in [-0.05, 0) is 37.6 Å². The summed E-state index contributed by atoms with van der Waals surface area (Å²) in [5.41, 5.74) is 2.33. The standard InChI is InChI=1S/C22H30N4O4S/c1-4-23-20(27)15-31-22-24-18(21(28)26(22)5-2)13-16-6-7-19(29-3)17(12-16)14-25-8-10-30-11-9-25/h6-7,12-13H,4-5,8-11,14-15H2,1-3H3,(H,23,27)/b18-13-. The van der Waals surface area contributed by atoms with Gasteiger partial charge in [0.1, 0.15) is 11.4 Å². The number of aliphatic imine (C=N–C) groups is 1. The van der Waals surface area contributed by atoms with Crippen LogP contribution in [0, 0.1) is 0 Å². The predicted molar refractivity (Wildman–Crippen MR) is 123 cm³/mol. The van der Waals surface area contributed by atoms with Gasteiger partial charge in [0, 0.05) is 38.3 Å². The van der Waals surface area contributed by atoms with Gasteiger partial charge in [-0.2, -0.15) is 0 Å². The van der Waals surface area contributed by atoms with E-state index in [1.165, 1.54) is 11.8 Å². The zero-order chi connectivity index (χ0) is 22.2. The van der Waals surface area contributed by atoms with Gasteiger partial charge in [0.25, 0.3) is 5.91 Å². The van der Waals surface area contributed by atoms with Gasteiger partial charge in [-0.3, -0.25) is 19.4 Å². The van der Waals surface area contributed by atoms with E-state index in [0.29, 0.717) is 24.0 Å². The highest BCUT2D eigenvalue weighted by atomic mass is 32.2. The van der Waals surface area contributed by atoms with Gasteiger partial charge in [-0.1, -0.05) is 17.8 Å². The van der Waals surface area contributed by atoms with E-state index in [1.54, 1.807) is 18.1 Å². The summed E-state index contributed by atoms with van der Waals surface area (Å²) in [6.45, 7) is 8.86. The van der Waals surface area contributed by atoms with Crippen LogP contribution in [0.25, 0.3) is 6.08 Å². The lowest BCUT2D eigenvalue weighted by atomic mass is 10.1. The molecule has 0 spiro atoms. The number of amides is 2. The minimum absolute atomic E-state index is 0.0703. The third-order valence-corrected chi connectivity index (χ3v) is 6.02. The molecule has 2 heterocycles. The molecule has 0 aromatic heterocycles. The molecule has 0 aliphatic carbocycles. The fourth-order valence-electron chi connectivity index (χ4n) is 3.47. The van der Waals surface area contributed by atoms with E-state index in [0.717, 1.165) is 49.7 Å². The third-order valence-electron chi connectivity index (χ3n) is 5.04. The smallest absolute Gasteiger partial charge is 0.278 e. The van der Waals surface area contributed by atoms with E-state index in [-0.39, 0.29) is 17.6 Å². The van der Waals surface area contributed by atoms with Gasteiger partial charge in [-0.25, -0.2) is 4.99 Å². The second-order valence-electron chi connectivity index (χ2n) is 7.18. The number of thioether (sulfide) groups is 1. The van der Waals surface area contributed by atoms with E-state index in [1.807, 2.05) is 32.0 Å². The van der Waals surface area contributed by atoms with Crippen molar-refractivity contribution in [2.45, 2.75) is 20.4 Å². The Bertz CT molecular complexity index is 865. The Kier molecular flexibility index (Phi) is 8.51. The molecule has 1 N–H and O–H groups in total. The van der Waals surface area contributed by atoms with Crippen LogP contribution < -0.4 is 10.1 Å². The van der Waals surface area contributed by atoms with Crippen molar-refractivity contribution in [3.8, 4) is 5.75 Å². The van der Waals surface area contributed by atoms with Crippen molar-refractivity contribution in [2.24, 2.45) is 4.99 Å². The van der Waals surface area contributed by atoms with Crippen LogP contribution in [0.1, 0.15) is 25.0 Å². The number of ether oxygens (including phenoxy) is 2. The molecule has 1 fully saturated rings. The Morgan fingerprint density at radius 3 is 2.77 bits per heavy atom. The first kappa shape index (κ1) is 23.3. The number of carbonyl (C=O) groups excluding carboxylic acids is 2. The van der Waals surface area contributed by atoms with Crippen LogP contribution in [0.5, 0.6) is 5.75 Å². The first-order valence-corrected chi connectivity index (χ1v) is 11.5. The second-order valence-corrected chi connectivity index (χ2v) is 8.12. The molecule has 31 heavy (non-hydrogen) atoms. The second kappa shape index (κ2) is 11.3. The quantitative estimate of drug-likeness (QED) is 0.615. The number of benzene rings is 1. The SMILES string of the molecule is CCNC(=O)CSC1=N/C(=C\c2ccc(OC)c(CN3CCOCC3)c2)C(=O)N1CC. The van der Waals surface area contributed by atoms with E-state index in [9.17, 15) is 9.59 Å². The zero-order valence-electron chi connectivity index (χ0n) is 18.3. The van der Waals surface area contributed by atoms with Crippen LogP contribution in [0.2, 0.25) is 0 Å². The summed E-state index contributed by atoms with van der Waals surface area (Å²) in [5.74, 6) is 0.837. The fourth-order valence-corrected chi connectivity index (χ4v) is 4.36. The maximum absolute atomic E-state index is 12.8. The zero-order valence-corrected chi connectivity index (χ0v) is 19.2. The highest BCUT2D eigenvalue weighted by molar-refractivity contribution is 8.14. The summed E-state index contributed by atoms with van der Waals surface area (Å²) in [6, 6.07) is 5.89. The minimum Gasteiger partial charge on any atom is -0.496 e. The number of rotatable bonds is 8. The first-order valence-electron chi connectivity index (χ1n) is 10.5. The largest absolute Gasteiger partial charge is 0.496 e. The molecule has 0 bridgehead atoms. The van der Waals surface area contributed by atoms with Crippen LogP contribution in [0.15, 0.2) is 28.9 Å². The molecule has 0 unspecified atom stereocenters. The number of morpholine rings is 1. The molecule has 2 aliphatic rings. The summed E-state index contributed by atoms with van der Waals surface area (Å²) >= 11 is 1.28. The van der Waals surface area contributed by atoms with Gasteiger partial charge in [0.15, 0.2) is 5.17 Å². The number of methoxy groups -OCH3 is 1. The number of hydrogen-bond donors (Lipinski definition) is 1. The number of likely N-dealkylation sites (N-methyl/N-ethyl adjacent to an activating group) is 1. The van der Waals surface area contributed by atoms with Crippen LogP contribution in [0.3, 0.4) is 0 Å². The summed E-state index contributed by atoms with van der Waals surface area (Å²) < 4.78 is 11.0. The molecule has 0 saturated carbocycles. The average molecular weight is 447 g/mol. The molecule has 8 nitrogen and oxygen atoms in total. The lowest BCUT2D eigenvalue weighted by Gasteiger charge is -2.27. The van der Waals surface area contributed by atoms with Crippen LogP contribution in [-0.4, -0.2) is 79.0 Å². The third kappa shape index (κ3) is 6.09. The Morgan fingerprint density at radius 1 is 1.32 bits per heavy atom. The molecule has 1 saturated heterocycles. The van der Waals surface area contributed by atoms with Crippen LogP contribution in [0.4, 0.5) is 0 Å². The Labute approximate surface area is 187 Å². The topological polar surface area (TPSA) is 83.5 Å². The maximum atomic E-state index is 12.8. The minimum atomic E-state index is -0.147.